The van der Waals surface area contributed by atoms with Crippen molar-refractivity contribution in [1.82, 2.24) is 0 Å². The quantitative estimate of drug-likeness (QED) is 0.871. The molecule has 0 bridgehead atoms. The van der Waals surface area contributed by atoms with Gasteiger partial charge in [0.15, 0.2) is 0 Å². The molecule has 0 radical (unpaired) electrons. The molecule has 0 aliphatic carbocycles. The van der Waals surface area contributed by atoms with E-state index in [0.717, 1.165) is 21.3 Å². The number of methoxy groups -OCH3 is 1. The lowest BCUT2D eigenvalue weighted by molar-refractivity contribution is 0.0576. The van der Waals surface area contributed by atoms with Gasteiger partial charge >= 0.3 is 0 Å². The molecule has 0 fully saturated rings. The highest BCUT2D eigenvalue weighted by molar-refractivity contribution is 9.10. The van der Waals surface area contributed by atoms with Gasteiger partial charge in [-0.05, 0) is 58.2 Å². The van der Waals surface area contributed by atoms with Crippen molar-refractivity contribution in [2.45, 2.75) is 18.9 Å². The summed E-state index contributed by atoms with van der Waals surface area (Å²) in [5.74, 6) is 0.778. The second-order valence-corrected chi connectivity index (χ2v) is 6.22. The Kier molecular flexibility index (Phi) is 4.74. The Balaban J connectivity index is 2.23. The van der Waals surface area contributed by atoms with Crippen LogP contribution in [0.3, 0.4) is 0 Å². The maximum Gasteiger partial charge on any atom is 0.133 e. The highest BCUT2D eigenvalue weighted by Crippen LogP contribution is 2.30. The van der Waals surface area contributed by atoms with Crippen LogP contribution in [0.4, 0.5) is 0 Å². The lowest BCUT2D eigenvalue weighted by atomic mass is 9.89. The molecule has 1 N–H and O–H groups in total. The molecule has 2 aromatic carbocycles. The third-order valence-electron chi connectivity index (χ3n) is 3.23. The minimum atomic E-state index is -0.946. The molecular formula is C16H16BrClO2. The van der Waals surface area contributed by atoms with Gasteiger partial charge in [-0.3, -0.25) is 0 Å². The number of hydrogen-bond donors (Lipinski definition) is 1. The number of rotatable bonds is 4. The Morgan fingerprint density at radius 2 is 1.85 bits per heavy atom. The normalized spacial score (nSPS) is 13.8. The zero-order valence-corrected chi connectivity index (χ0v) is 13.7. The van der Waals surface area contributed by atoms with E-state index < -0.39 is 5.60 Å². The van der Waals surface area contributed by atoms with E-state index in [-0.39, 0.29) is 0 Å². The zero-order valence-electron chi connectivity index (χ0n) is 11.4. The summed E-state index contributed by atoms with van der Waals surface area (Å²) in [6.07, 6.45) is 0.511. The molecule has 0 aliphatic heterocycles. The molecule has 2 aromatic rings. The van der Waals surface area contributed by atoms with Crippen LogP contribution in [0.2, 0.25) is 5.02 Å². The van der Waals surface area contributed by atoms with Crippen molar-refractivity contribution >= 4 is 27.5 Å². The standard InChI is InChI=1S/C16H16BrClO2/c1-16(19,12-4-6-13(18)7-5-12)10-11-3-8-15(20-2)14(17)9-11/h3-9,19H,10H2,1-2H3. The number of ether oxygens (including phenoxy) is 1. The van der Waals surface area contributed by atoms with Crippen molar-refractivity contribution in [3.8, 4) is 5.75 Å². The summed E-state index contributed by atoms with van der Waals surface area (Å²) >= 11 is 9.33. The van der Waals surface area contributed by atoms with Crippen LogP contribution in [0.15, 0.2) is 46.9 Å². The van der Waals surface area contributed by atoms with Crippen molar-refractivity contribution in [1.29, 1.82) is 0 Å². The predicted octanol–water partition coefficient (Wildman–Crippen LogP) is 4.56. The van der Waals surface area contributed by atoms with Gasteiger partial charge in [-0.2, -0.15) is 0 Å². The maximum atomic E-state index is 10.7. The number of aliphatic hydroxyl groups is 1. The third-order valence-corrected chi connectivity index (χ3v) is 4.10. The SMILES string of the molecule is COc1ccc(CC(C)(O)c2ccc(Cl)cc2)cc1Br. The van der Waals surface area contributed by atoms with Crippen LogP contribution < -0.4 is 4.74 Å². The molecule has 0 amide bonds. The molecule has 0 saturated heterocycles. The fraction of sp³-hybridized carbons (Fsp3) is 0.250. The molecule has 0 aliphatic rings. The lowest BCUT2D eigenvalue weighted by Gasteiger charge is -2.24. The highest BCUT2D eigenvalue weighted by atomic mass is 79.9. The van der Waals surface area contributed by atoms with Crippen molar-refractivity contribution in [2.24, 2.45) is 0 Å². The van der Waals surface area contributed by atoms with E-state index in [4.69, 9.17) is 16.3 Å². The van der Waals surface area contributed by atoms with Crippen molar-refractivity contribution in [3.05, 3.63) is 63.1 Å². The topological polar surface area (TPSA) is 29.5 Å². The maximum absolute atomic E-state index is 10.7. The second kappa shape index (κ2) is 6.17. The minimum Gasteiger partial charge on any atom is -0.496 e. The third kappa shape index (κ3) is 3.54. The van der Waals surface area contributed by atoms with Crippen molar-refractivity contribution in [2.75, 3.05) is 7.11 Å². The van der Waals surface area contributed by atoms with Crippen LogP contribution in [0.5, 0.6) is 5.75 Å². The summed E-state index contributed by atoms with van der Waals surface area (Å²) in [5.41, 5.74) is 0.921. The van der Waals surface area contributed by atoms with Gasteiger partial charge < -0.3 is 9.84 Å². The first-order valence-corrected chi connectivity index (χ1v) is 7.40. The van der Waals surface area contributed by atoms with E-state index in [1.807, 2.05) is 30.3 Å². The first-order chi connectivity index (χ1) is 9.42. The molecule has 0 spiro atoms. The fourth-order valence-corrected chi connectivity index (χ4v) is 2.84. The summed E-state index contributed by atoms with van der Waals surface area (Å²) in [7, 11) is 1.63. The molecule has 1 unspecified atom stereocenters. The van der Waals surface area contributed by atoms with Crippen LogP contribution in [0.25, 0.3) is 0 Å². The van der Waals surface area contributed by atoms with Crippen molar-refractivity contribution < 1.29 is 9.84 Å². The van der Waals surface area contributed by atoms with Gasteiger partial charge in [-0.15, -0.1) is 0 Å². The Morgan fingerprint density at radius 3 is 2.40 bits per heavy atom. The van der Waals surface area contributed by atoms with Gasteiger partial charge in [0.05, 0.1) is 17.2 Å². The fourth-order valence-electron chi connectivity index (χ4n) is 2.13. The van der Waals surface area contributed by atoms with Gasteiger partial charge in [0.25, 0.3) is 0 Å². The molecule has 20 heavy (non-hydrogen) atoms. The van der Waals surface area contributed by atoms with Crippen molar-refractivity contribution in [3.63, 3.8) is 0 Å². The number of hydrogen-bond acceptors (Lipinski definition) is 2. The molecule has 4 heteroatoms. The molecule has 0 saturated carbocycles. The summed E-state index contributed by atoms with van der Waals surface area (Å²) in [5, 5.41) is 11.3. The summed E-state index contributed by atoms with van der Waals surface area (Å²) < 4.78 is 6.08. The first kappa shape index (κ1) is 15.4. The van der Waals surface area contributed by atoms with E-state index in [1.165, 1.54) is 0 Å². The summed E-state index contributed by atoms with van der Waals surface area (Å²) in [4.78, 5) is 0. The lowest BCUT2D eigenvalue weighted by Crippen LogP contribution is -2.24. The van der Waals surface area contributed by atoms with Crippen LogP contribution in [0, 0.1) is 0 Å². The average molecular weight is 356 g/mol. The molecule has 2 rings (SSSR count). The van der Waals surface area contributed by atoms with Gasteiger partial charge in [-0.1, -0.05) is 29.8 Å². The minimum absolute atomic E-state index is 0.511. The monoisotopic (exact) mass is 354 g/mol. The van der Waals surface area contributed by atoms with Gasteiger partial charge in [0.1, 0.15) is 5.75 Å². The Bertz CT molecular complexity index is 594. The Morgan fingerprint density at radius 1 is 1.20 bits per heavy atom. The first-order valence-electron chi connectivity index (χ1n) is 6.23. The van der Waals surface area contributed by atoms with Crippen LogP contribution in [0.1, 0.15) is 18.1 Å². The van der Waals surface area contributed by atoms with Gasteiger partial charge in [0.2, 0.25) is 0 Å². The molecule has 0 aromatic heterocycles. The Labute approximate surface area is 132 Å². The smallest absolute Gasteiger partial charge is 0.133 e. The number of halogens is 2. The van der Waals surface area contributed by atoms with E-state index >= 15 is 0 Å². The Hall–Kier alpha value is -1.03. The van der Waals surface area contributed by atoms with Crippen LogP contribution >= 0.6 is 27.5 Å². The molecular weight excluding hydrogens is 340 g/mol. The predicted molar refractivity (Wildman–Crippen MR) is 85.4 cm³/mol. The van der Waals surface area contributed by atoms with Crippen LogP contribution in [-0.4, -0.2) is 12.2 Å². The highest BCUT2D eigenvalue weighted by Gasteiger charge is 2.23. The average Bonchev–Trinajstić information content (AvgIpc) is 2.39. The largest absolute Gasteiger partial charge is 0.496 e. The molecule has 106 valence electrons. The summed E-state index contributed by atoms with van der Waals surface area (Å²) in [6.45, 7) is 1.80. The summed E-state index contributed by atoms with van der Waals surface area (Å²) in [6, 6.07) is 13.1. The number of benzene rings is 2. The molecule has 2 nitrogen and oxygen atoms in total. The van der Waals surface area contributed by atoms with E-state index in [1.54, 1.807) is 26.2 Å². The van der Waals surface area contributed by atoms with E-state index in [0.29, 0.717) is 11.4 Å². The van der Waals surface area contributed by atoms with Crippen LogP contribution in [-0.2, 0) is 12.0 Å². The van der Waals surface area contributed by atoms with Gasteiger partial charge in [-0.25, -0.2) is 0 Å². The van der Waals surface area contributed by atoms with E-state index in [9.17, 15) is 5.11 Å². The van der Waals surface area contributed by atoms with E-state index in [2.05, 4.69) is 15.9 Å². The molecule has 1 atom stereocenters. The molecule has 0 heterocycles. The second-order valence-electron chi connectivity index (χ2n) is 4.93. The zero-order chi connectivity index (χ0) is 14.8. The van der Waals surface area contributed by atoms with Gasteiger partial charge in [0, 0.05) is 11.4 Å².